The number of halogens is 1. The number of nitrogens with one attached hydrogen (secondary N) is 1. The maximum atomic E-state index is 12.0. The molecule has 6 heteroatoms. The van der Waals surface area contributed by atoms with Crippen LogP contribution >= 0.6 is 12.4 Å². The van der Waals surface area contributed by atoms with Gasteiger partial charge in [0.15, 0.2) is 0 Å². The number of benzene rings is 1. The van der Waals surface area contributed by atoms with Gasteiger partial charge in [0.2, 0.25) is 5.91 Å². The van der Waals surface area contributed by atoms with Gasteiger partial charge in [0, 0.05) is 18.3 Å². The molecule has 1 aromatic carbocycles. The highest BCUT2D eigenvalue weighted by molar-refractivity contribution is 5.85. The summed E-state index contributed by atoms with van der Waals surface area (Å²) in [6.45, 7) is 4.21. The molecule has 1 heterocycles. The van der Waals surface area contributed by atoms with Crippen molar-refractivity contribution in [2.75, 3.05) is 0 Å². The van der Waals surface area contributed by atoms with Crippen molar-refractivity contribution in [1.82, 2.24) is 15.1 Å². The lowest BCUT2D eigenvalue weighted by molar-refractivity contribution is -0.126. The lowest BCUT2D eigenvalue weighted by atomic mass is 9.96. The van der Waals surface area contributed by atoms with E-state index >= 15 is 0 Å². The number of aromatic nitrogens is 2. The first-order valence-electron chi connectivity index (χ1n) is 7.19. The summed E-state index contributed by atoms with van der Waals surface area (Å²) in [4.78, 5) is 12.0. The highest BCUT2D eigenvalue weighted by atomic mass is 35.5. The van der Waals surface area contributed by atoms with E-state index in [1.54, 1.807) is 17.8 Å². The molecule has 0 aliphatic heterocycles. The minimum atomic E-state index is -0.815. The molecule has 1 atom stereocenters. The highest BCUT2D eigenvalue weighted by Gasteiger charge is 2.26. The molecule has 0 aliphatic rings. The average Bonchev–Trinajstić information content (AvgIpc) is 2.94. The van der Waals surface area contributed by atoms with E-state index in [-0.39, 0.29) is 18.3 Å². The number of hydrogen-bond donors (Lipinski definition) is 2. The molecule has 3 N–H and O–H groups in total. The van der Waals surface area contributed by atoms with Crippen LogP contribution in [0.5, 0.6) is 0 Å². The van der Waals surface area contributed by atoms with Crippen molar-refractivity contribution >= 4 is 18.3 Å². The second kappa shape index (κ2) is 7.96. The Morgan fingerprint density at radius 3 is 2.68 bits per heavy atom. The molecule has 0 saturated heterocycles. The molecular formula is C16H23ClN4O. The summed E-state index contributed by atoms with van der Waals surface area (Å²) >= 11 is 0. The highest BCUT2D eigenvalue weighted by Crippen LogP contribution is 2.10. The molecule has 0 saturated carbocycles. The molecule has 22 heavy (non-hydrogen) atoms. The zero-order valence-corrected chi connectivity index (χ0v) is 13.8. The summed E-state index contributed by atoms with van der Waals surface area (Å²) < 4.78 is 1.79. The zero-order valence-electron chi connectivity index (χ0n) is 13.0. The molecule has 0 fully saturated rings. The summed E-state index contributed by atoms with van der Waals surface area (Å²) in [5.41, 5.74) is 7.12. The van der Waals surface area contributed by atoms with Crippen molar-refractivity contribution in [1.29, 1.82) is 0 Å². The lowest BCUT2D eigenvalue weighted by Crippen LogP contribution is -2.51. The van der Waals surface area contributed by atoms with Gasteiger partial charge in [0.25, 0.3) is 0 Å². The third-order valence-electron chi connectivity index (χ3n) is 3.40. The van der Waals surface area contributed by atoms with Crippen molar-refractivity contribution in [2.45, 2.75) is 38.8 Å². The van der Waals surface area contributed by atoms with Crippen LogP contribution in [-0.2, 0) is 11.3 Å². The number of amides is 1. The van der Waals surface area contributed by atoms with E-state index in [2.05, 4.69) is 10.4 Å². The Kier molecular flexibility index (Phi) is 6.59. The smallest absolute Gasteiger partial charge is 0.240 e. The molecule has 0 bridgehead atoms. The van der Waals surface area contributed by atoms with E-state index in [1.165, 1.54) is 0 Å². The Morgan fingerprint density at radius 1 is 1.36 bits per heavy atom. The minimum Gasteiger partial charge on any atom is -0.350 e. The summed E-state index contributed by atoms with van der Waals surface area (Å²) in [6.07, 6.45) is 5.21. The van der Waals surface area contributed by atoms with Crippen molar-refractivity contribution in [3.8, 4) is 5.69 Å². The van der Waals surface area contributed by atoms with Crippen molar-refractivity contribution in [3.63, 3.8) is 0 Å². The maximum absolute atomic E-state index is 12.0. The number of rotatable bonds is 6. The number of nitrogens with zero attached hydrogens (tertiary/aromatic N) is 2. The molecule has 0 spiro atoms. The quantitative estimate of drug-likeness (QED) is 0.858. The van der Waals surface area contributed by atoms with Crippen LogP contribution < -0.4 is 11.1 Å². The van der Waals surface area contributed by atoms with Gasteiger partial charge in [-0.05, 0) is 25.5 Å². The van der Waals surface area contributed by atoms with E-state index in [0.717, 1.165) is 17.7 Å². The van der Waals surface area contributed by atoms with E-state index in [9.17, 15) is 4.79 Å². The molecule has 1 amide bonds. The number of hydrogen-bond acceptors (Lipinski definition) is 3. The zero-order chi connectivity index (χ0) is 15.3. The third-order valence-corrected chi connectivity index (χ3v) is 3.40. The molecule has 1 unspecified atom stereocenters. The molecule has 2 rings (SSSR count). The predicted octanol–water partition coefficient (Wildman–Crippen LogP) is 2.43. The lowest BCUT2D eigenvalue weighted by Gasteiger charge is -2.22. The fraction of sp³-hybridized carbons (Fsp3) is 0.375. The Bertz CT molecular complexity index is 595. The van der Waals surface area contributed by atoms with Crippen LogP contribution in [0.1, 0.15) is 32.3 Å². The van der Waals surface area contributed by atoms with Crippen LogP contribution in [0.4, 0.5) is 0 Å². The summed E-state index contributed by atoms with van der Waals surface area (Å²) in [5.74, 6) is -0.128. The molecule has 5 nitrogen and oxygen atoms in total. The Morgan fingerprint density at radius 2 is 2.05 bits per heavy atom. The Labute approximate surface area is 137 Å². The predicted molar refractivity (Wildman–Crippen MR) is 90.2 cm³/mol. The summed E-state index contributed by atoms with van der Waals surface area (Å²) in [7, 11) is 0. The molecule has 0 radical (unpaired) electrons. The van der Waals surface area contributed by atoms with E-state index in [0.29, 0.717) is 13.0 Å². The SMILES string of the molecule is CCCC(C)(N)C(=O)NCc1cnn(-c2ccccc2)c1.Cl. The van der Waals surface area contributed by atoms with Gasteiger partial charge in [0.05, 0.1) is 17.4 Å². The van der Waals surface area contributed by atoms with Crippen LogP contribution in [0.2, 0.25) is 0 Å². The Balaban J connectivity index is 0.00000242. The average molecular weight is 323 g/mol. The maximum Gasteiger partial charge on any atom is 0.240 e. The summed E-state index contributed by atoms with van der Waals surface area (Å²) in [5, 5.41) is 7.17. The van der Waals surface area contributed by atoms with Gasteiger partial charge in [-0.3, -0.25) is 4.79 Å². The van der Waals surface area contributed by atoms with E-state index < -0.39 is 5.54 Å². The van der Waals surface area contributed by atoms with Gasteiger partial charge in [-0.25, -0.2) is 4.68 Å². The van der Waals surface area contributed by atoms with Gasteiger partial charge in [-0.2, -0.15) is 5.10 Å². The number of carbonyl (C=O) groups excluding carboxylic acids is 1. The molecule has 120 valence electrons. The van der Waals surface area contributed by atoms with Crippen LogP contribution in [0, 0.1) is 0 Å². The molecule has 1 aromatic heterocycles. The minimum absolute atomic E-state index is 0. The molecular weight excluding hydrogens is 300 g/mol. The van der Waals surface area contributed by atoms with Crippen LogP contribution in [0.25, 0.3) is 5.69 Å². The Hall–Kier alpha value is -1.85. The van der Waals surface area contributed by atoms with Crippen LogP contribution in [0.3, 0.4) is 0 Å². The standard InChI is InChI=1S/C16H22N4O.ClH/c1-3-9-16(2,17)15(21)18-10-13-11-19-20(12-13)14-7-5-4-6-8-14;/h4-8,11-12H,3,9-10,17H2,1-2H3,(H,18,21);1H. The van der Waals surface area contributed by atoms with Crippen molar-refractivity contribution < 1.29 is 4.79 Å². The summed E-state index contributed by atoms with van der Waals surface area (Å²) in [6, 6.07) is 9.84. The second-order valence-electron chi connectivity index (χ2n) is 5.48. The van der Waals surface area contributed by atoms with Crippen molar-refractivity contribution in [2.24, 2.45) is 5.73 Å². The first kappa shape index (κ1) is 18.2. The first-order valence-corrected chi connectivity index (χ1v) is 7.19. The first-order chi connectivity index (χ1) is 10.0. The van der Waals surface area contributed by atoms with Gasteiger partial charge >= 0.3 is 0 Å². The monoisotopic (exact) mass is 322 g/mol. The fourth-order valence-corrected chi connectivity index (χ4v) is 2.19. The normalized spacial score (nSPS) is 13.0. The largest absolute Gasteiger partial charge is 0.350 e. The van der Waals surface area contributed by atoms with Crippen LogP contribution in [-0.4, -0.2) is 21.2 Å². The van der Waals surface area contributed by atoms with Gasteiger partial charge in [-0.1, -0.05) is 31.5 Å². The van der Waals surface area contributed by atoms with Crippen molar-refractivity contribution in [3.05, 3.63) is 48.3 Å². The van der Waals surface area contributed by atoms with E-state index in [1.807, 2.05) is 43.5 Å². The molecule has 2 aromatic rings. The number of para-hydroxylation sites is 1. The fourth-order valence-electron chi connectivity index (χ4n) is 2.19. The van der Waals surface area contributed by atoms with E-state index in [4.69, 9.17) is 5.73 Å². The van der Waals surface area contributed by atoms with Gasteiger partial charge < -0.3 is 11.1 Å². The van der Waals surface area contributed by atoms with Gasteiger partial charge in [-0.15, -0.1) is 12.4 Å². The van der Waals surface area contributed by atoms with Crippen LogP contribution in [0.15, 0.2) is 42.7 Å². The number of nitrogens with two attached hydrogens (primary N) is 1. The van der Waals surface area contributed by atoms with Gasteiger partial charge in [0.1, 0.15) is 0 Å². The topological polar surface area (TPSA) is 72.9 Å². The second-order valence-corrected chi connectivity index (χ2v) is 5.48. The third kappa shape index (κ3) is 4.58. The molecule has 0 aliphatic carbocycles. The number of carbonyl (C=O) groups is 1.